The summed E-state index contributed by atoms with van der Waals surface area (Å²) in [6.07, 6.45) is 0.714. The number of fused-ring (bicyclic) bond motifs is 1. The number of rotatable bonds is 1. The van der Waals surface area contributed by atoms with Crippen molar-refractivity contribution in [3.63, 3.8) is 0 Å². The van der Waals surface area contributed by atoms with Gasteiger partial charge in [0, 0.05) is 0 Å². The fraction of sp³-hybridized carbons (Fsp3) is 0.333. The Morgan fingerprint density at radius 3 is 2.44 bits per heavy atom. The van der Waals surface area contributed by atoms with E-state index in [4.69, 9.17) is 0 Å². The third kappa shape index (κ3) is 1.10. The second kappa shape index (κ2) is 2.84. The molecule has 1 aromatic rings. The molecule has 1 saturated carbocycles. The highest BCUT2D eigenvalue weighted by atomic mass is 16.3. The number of phenols is 1. The van der Waals surface area contributed by atoms with Gasteiger partial charge in [0.05, 0.1) is 17.5 Å². The van der Waals surface area contributed by atoms with Crippen LogP contribution in [0.1, 0.15) is 12.0 Å². The summed E-state index contributed by atoms with van der Waals surface area (Å²) in [7, 11) is 0. The molecule has 0 spiro atoms. The van der Waals surface area contributed by atoms with Crippen LogP contribution in [-0.2, 0) is 9.59 Å². The zero-order chi connectivity index (χ0) is 11.4. The van der Waals surface area contributed by atoms with Gasteiger partial charge < -0.3 is 5.11 Å². The molecule has 1 saturated heterocycles. The number of piperidine rings is 1. The molecule has 2 amide bonds. The average molecular weight is 217 g/mol. The number of hydrogen-bond donors (Lipinski definition) is 1. The first-order chi connectivity index (χ1) is 7.59. The van der Waals surface area contributed by atoms with Crippen LogP contribution in [0.3, 0.4) is 0 Å². The smallest absolute Gasteiger partial charge is 0.237 e. The van der Waals surface area contributed by atoms with E-state index in [-0.39, 0.29) is 29.4 Å². The minimum absolute atomic E-state index is 0.0827. The first-order valence-corrected chi connectivity index (χ1v) is 5.27. The first-order valence-electron chi connectivity index (χ1n) is 5.27. The maximum atomic E-state index is 11.8. The summed E-state index contributed by atoms with van der Waals surface area (Å²) in [5, 5.41) is 9.28. The number of aryl methyl sites for hydroxylation is 1. The zero-order valence-electron chi connectivity index (χ0n) is 8.80. The lowest BCUT2D eigenvalue weighted by Gasteiger charge is -2.18. The van der Waals surface area contributed by atoms with Gasteiger partial charge in [-0.15, -0.1) is 0 Å². The number of imide groups is 1. The van der Waals surface area contributed by atoms with E-state index in [0.717, 1.165) is 5.56 Å². The molecule has 0 bridgehead atoms. The van der Waals surface area contributed by atoms with Crippen molar-refractivity contribution in [1.82, 2.24) is 0 Å². The Labute approximate surface area is 92.5 Å². The number of benzene rings is 1. The molecule has 1 heterocycles. The van der Waals surface area contributed by atoms with Crippen LogP contribution in [0.25, 0.3) is 0 Å². The molecule has 1 N–H and O–H groups in total. The van der Waals surface area contributed by atoms with Crippen molar-refractivity contribution in [1.29, 1.82) is 0 Å². The number of carbonyl (C=O) groups excluding carboxylic acids is 2. The summed E-state index contributed by atoms with van der Waals surface area (Å²) in [5.41, 5.74) is 1.34. The fourth-order valence-corrected chi connectivity index (χ4v) is 2.31. The van der Waals surface area contributed by atoms with Gasteiger partial charge in [-0.05, 0) is 37.1 Å². The first kappa shape index (κ1) is 9.39. The quantitative estimate of drug-likeness (QED) is 0.719. The molecule has 16 heavy (non-hydrogen) atoms. The van der Waals surface area contributed by atoms with Gasteiger partial charge in [-0.25, -0.2) is 4.90 Å². The van der Waals surface area contributed by atoms with Crippen LogP contribution in [0.4, 0.5) is 5.69 Å². The summed E-state index contributed by atoms with van der Waals surface area (Å²) >= 11 is 0. The fourth-order valence-electron chi connectivity index (χ4n) is 2.31. The molecule has 4 nitrogen and oxygen atoms in total. The molecule has 0 aromatic heterocycles. The third-order valence-electron chi connectivity index (χ3n) is 3.29. The monoisotopic (exact) mass is 217 g/mol. The lowest BCUT2D eigenvalue weighted by atomic mass is 10.1. The third-order valence-corrected chi connectivity index (χ3v) is 3.29. The Bertz CT molecular complexity index is 489. The molecule has 4 heteroatoms. The highest BCUT2D eigenvalue weighted by molar-refractivity contribution is 6.25. The van der Waals surface area contributed by atoms with Crippen molar-refractivity contribution >= 4 is 17.5 Å². The number of nitrogens with zero attached hydrogens (tertiary/aromatic N) is 1. The molecule has 82 valence electrons. The lowest BCUT2D eigenvalue weighted by molar-refractivity contribution is -0.123. The van der Waals surface area contributed by atoms with E-state index >= 15 is 0 Å². The number of hydrogen-bond acceptors (Lipinski definition) is 3. The second-order valence-electron chi connectivity index (χ2n) is 4.43. The minimum atomic E-state index is -0.0937. The van der Waals surface area contributed by atoms with Crippen molar-refractivity contribution < 1.29 is 14.7 Å². The van der Waals surface area contributed by atoms with Crippen LogP contribution in [-0.4, -0.2) is 16.9 Å². The zero-order valence-corrected chi connectivity index (χ0v) is 8.80. The molecule has 2 fully saturated rings. The van der Waals surface area contributed by atoms with Crippen LogP contribution in [0.15, 0.2) is 18.2 Å². The van der Waals surface area contributed by atoms with Gasteiger partial charge in [-0.2, -0.15) is 0 Å². The van der Waals surface area contributed by atoms with Gasteiger partial charge in [-0.3, -0.25) is 9.59 Å². The molecule has 1 aromatic carbocycles. The number of phenolic OH excluding ortho intramolecular Hbond substituents is 1. The summed E-state index contributed by atoms with van der Waals surface area (Å²) in [5.74, 6) is -0.209. The molecule has 3 rings (SSSR count). The second-order valence-corrected chi connectivity index (χ2v) is 4.43. The van der Waals surface area contributed by atoms with E-state index in [2.05, 4.69) is 0 Å². The van der Waals surface area contributed by atoms with Crippen molar-refractivity contribution in [3.05, 3.63) is 23.8 Å². The molecular formula is C12H11NO3. The Hall–Kier alpha value is -1.84. The van der Waals surface area contributed by atoms with Gasteiger partial charge in [0.25, 0.3) is 0 Å². The van der Waals surface area contributed by atoms with Crippen LogP contribution in [0.2, 0.25) is 0 Å². The number of carbonyl (C=O) groups is 2. The Morgan fingerprint density at radius 2 is 1.88 bits per heavy atom. The predicted octanol–water partition coefficient (Wildman–Crippen LogP) is 1.21. The Morgan fingerprint density at radius 1 is 1.25 bits per heavy atom. The van der Waals surface area contributed by atoms with Crippen LogP contribution in [0.5, 0.6) is 5.75 Å². The van der Waals surface area contributed by atoms with Gasteiger partial charge in [0.2, 0.25) is 11.8 Å². The maximum absolute atomic E-state index is 11.8. The number of amides is 2. The highest BCUT2D eigenvalue weighted by Crippen LogP contribution is 2.48. The summed E-state index contributed by atoms with van der Waals surface area (Å²) in [6.45, 7) is 1.78. The summed E-state index contributed by atoms with van der Waals surface area (Å²) < 4.78 is 0. The molecule has 0 radical (unpaired) electrons. The summed E-state index contributed by atoms with van der Waals surface area (Å²) in [6, 6.07) is 4.66. The van der Waals surface area contributed by atoms with Crippen molar-refractivity contribution in [3.8, 4) is 5.75 Å². The average Bonchev–Trinajstić information content (AvgIpc) is 2.96. The molecular weight excluding hydrogens is 206 g/mol. The lowest BCUT2D eigenvalue weighted by Crippen LogP contribution is -2.33. The van der Waals surface area contributed by atoms with Gasteiger partial charge in [-0.1, -0.05) is 0 Å². The largest absolute Gasteiger partial charge is 0.508 e. The molecule has 1 aliphatic carbocycles. The van der Waals surface area contributed by atoms with E-state index in [0.29, 0.717) is 12.1 Å². The van der Waals surface area contributed by atoms with Crippen LogP contribution < -0.4 is 4.90 Å². The van der Waals surface area contributed by atoms with Crippen molar-refractivity contribution in [2.75, 3.05) is 4.90 Å². The van der Waals surface area contributed by atoms with E-state index < -0.39 is 0 Å². The number of aromatic hydroxyl groups is 1. The summed E-state index contributed by atoms with van der Waals surface area (Å²) in [4.78, 5) is 24.9. The van der Waals surface area contributed by atoms with E-state index in [1.807, 2.05) is 0 Å². The van der Waals surface area contributed by atoms with Crippen molar-refractivity contribution in [2.45, 2.75) is 13.3 Å². The number of anilines is 1. The highest BCUT2D eigenvalue weighted by Gasteiger charge is 2.59. The van der Waals surface area contributed by atoms with Gasteiger partial charge >= 0.3 is 0 Å². The minimum Gasteiger partial charge on any atom is -0.508 e. The molecule has 1 aliphatic heterocycles. The SMILES string of the molecule is Cc1cc(O)ccc1N1C(=O)C2CC2C1=O. The van der Waals surface area contributed by atoms with E-state index in [9.17, 15) is 14.7 Å². The Kier molecular flexibility index (Phi) is 1.67. The van der Waals surface area contributed by atoms with Gasteiger partial charge in [0.1, 0.15) is 5.75 Å². The van der Waals surface area contributed by atoms with Gasteiger partial charge in [0.15, 0.2) is 0 Å². The normalized spacial score (nSPS) is 27.2. The van der Waals surface area contributed by atoms with Crippen molar-refractivity contribution in [2.24, 2.45) is 11.8 Å². The molecule has 2 aliphatic rings. The molecule has 2 unspecified atom stereocenters. The topological polar surface area (TPSA) is 57.6 Å². The molecule has 2 atom stereocenters. The predicted molar refractivity (Wildman–Crippen MR) is 56.9 cm³/mol. The maximum Gasteiger partial charge on any atom is 0.237 e. The van der Waals surface area contributed by atoms with Crippen LogP contribution >= 0.6 is 0 Å². The van der Waals surface area contributed by atoms with Crippen LogP contribution in [0, 0.1) is 18.8 Å². The van der Waals surface area contributed by atoms with E-state index in [1.54, 1.807) is 19.1 Å². The Balaban J connectivity index is 2.04. The van der Waals surface area contributed by atoms with E-state index in [1.165, 1.54) is 11.0 Å². The standard InChI is InChI=1S/C12H11NO3/c1-6-4-7(14)2-3-10(6)13-11(15)8-5-9(8)12(13)16/h2-4,8-9,14H,5H2,1H3.